The second-order valence-corrected chi connectivity index (χ2v) is 7.60. The Hall–Kier alpha value is -1.09. The smallest absolute Gasteiger partial charge is 0.131 e. The molecule has 0 unspecified atom stereocenters. The highest BCUT2D eigenvalue weighted by Gasteiger charge is 2.42. The molecule has 120 valence electrons. The number of nitrogens with zero attached hydrogens (tertiary/aromatic N) is 3. The summed E-state index contributed by atoms with van der Waals surface area (Å²) in [5.74, 6) is 3.28. The van der Waals surface area contributed by atoms with Gasteiger partial charge in [-0.25, -0.2) is 4.98 Å². The summed E-state index contributed by atoms with van der Waals surface area (Å²) in [4.78, 5) is 10.0. The molecule has 1 aromatic heterocycles. The van der Waals surface area contributed by atoms with Crippen molar-refractivity contribution in [2.45, 2.75) is 52.0 Å². The van der Waals surface area contributed by atoms with E-state index in [0.29, 0.717) is 0 Å². The number of fused-ring (bicyclic) bond motifs is 2. The van der Waals surface area contributed by atoms with Crippen LogP contribution >= 0.6 is 0 Å². The minimum atomic E-state index is 0.900. The van der Waals surface area contributed by atoms with Crippen LogP contribution in [0.15, 0.2) is 12.3 Å². The number of pyridine rings is 1. The quantitative estimate of drug-likeness (QED) is 0.854. The molecule has 4 rings (SSSR count). The van der Waals surface area contributed by atoms with Gasteiger partial charge in [0.15, 0.2) is 0 Å². The van der Waals surface area contributed by atoms with E-state index in [1.165, 1.54) is 55.7 Å². The van der Waals surface area contributed by atoms with E-state index in [2.05, 4.69) is 35.9 Å². The Morgan fingerprint density at radius 3 is 2.55 bits per heavy atom. The monoisotopic (exact) mass is 299 g/mol. The van der Waals surface area contributed by atoms with Crippen molar-refractivity contribution in [3.8, 4) is 0 Å². The zero-order valence-electron chi connectivity index (χ0n) is 14.1. The van der Waals surface area contributed by atoms with E-state index in [1.807, 2.05) is 0 Å². The zero-order valence-corrected chi connectivity index (χ0v) is 14.1. The summed E-state index contributed by atoms with van der Waals surface area (Å²) in [7, 11) is 0. The lowest BCUT2D eigenvalue weighted by Crippen LogP contribution is -2.52. The lowest BCUT2D eigenvalue weighted by Gasteiger charge is -2.41. The van der Waals surface area contributed by atoms with Gasteiger partial charge in [0.2, 0.25) is 0 Å². The zero-order chi connectivity index (χ0) is 15.1. The predicted molar refractivity (Wildman–Crippen MR) is 91.4 cm³/mol. The van der Waals surface area contributed by atoms with E-state index in [9.17, 15) is 0 Å². The molecule has 2 aliphatic carbocycles. The van der Waals surface area contributed by atoms with Crippen LogP contribution in [0, 0.1) is 18.8 Å². The highest BCUT2D eigenvalue weighted by molar-refractivity contribution is 5.47. The van der Waals surface area contributed by atoms with Crippen LogP contribution < -0.4 is 4.90 Å². The molecule has 2 saturated carbocycles. The molecule has 0 radical (unpaired) electrons. The molecule has 3 fully saturated rings. The van der Waals surface area contributed by atoms with Crippen molar-refractivity contribution in [1.29, 1.82) is 0 Å². The van der Waals surface area contributed by atoms with Crippen LogP contribution in [0.5, 0.6) is 0 Å². The van der Waals surface area contributed by atoms with Crippen LogP contribution in [0.2, 0.25) is 0 Å². The number of piperazine rings is 1. The molecule has 3 heteroatoms. The van der Waals surface area contributed by atoms with Crippen LogP contribution in [0.25, 0.3) is 0 Å². The number of anilines is 1. The Balaban J connectivity index is 1.39. The van der Waals surface area contributed by atoms with Gasteiger partial charge in [-0.15, -0.1) is 0 Å². The summed E-state index contributed by atoms with van der Waals surface area (Å²) in [6.07, 6.45) is 9.14. The standard InChI is InChI=1S/C19H29N3/c1-3-15-10-14(2)19(20-13-15)22-8-6-21(7-9-22)18-12-16-4-5-17(18)11-16/h10,13,16-18H,3-9,11-12H2,1-2H3/t16-,17+,18+/m1/s1. The molecule has 3 aliphatic rings. The highest BCUT2D eigenvalue weighted by Crippen LogP contribution is 2.46. The maximum Gasteiger partial charge on any atom is 0.131 e. The topological polar surface area (TPSA) is 19.4 Å². The molecular weight excluding hydrogens is 270 g/mol. The molecule has 22 heavy (non-hydrogen) atoms. The molecule has 2 heterocycles. The average Bonchev–Trinajstić information content (AvgIpc) is 3.18. The number of hydrogen-bond donors (Lipinski definition) is 0. The van der Waals surface area contributed by atoms with Crippen LogP contribution in [0.3, 0.4) is 0 Å². The number of hydrogen-bond acceptors (Lipinski definition) is 3. The third kappa shape index (κ3) is 2.54. The molecule has 3 atom stereocenters. The third-order valence-electron chi connectivity index (χ3n) is 6.30. The maximum atomic E-state index is 4.74. The van der Waals surface area contributed by atoms with Gasteiger partial charge in [-0.3, -0.25) is 4.90 Å². The van der Waals surface area contributed by atoms with Gasteiger partial charge in [0.1, 0.15) is 5.82 Å². The van der Waals surface area contributed by atoms with Gasteiger partial charge in [-0.1, -0.05) is 19.4 Å². The second kappa shape index (κ2) is 5.84. The maximum absolute atomic E-state index is 4.74. The van der Waals surface area contributed by atoms with Gasteiger partial charge >= 0.3 is 0 Å². The number of aromatic nitrogens is 1. The fourth-order valence-corrected chi connectivity index (χ4v) is 5.07. The van der Waals surface area contributed by atoms with Crippen molar-refractivity contribution in [2.24, 2.45) is 11.8 Å². The Morgan fingerprint density at radius 1 is 1.14 bits per heavy atom. The summed E-state index contributed by atoms with van der Waals surface area (Å²) in [5.41, 5.74) is 2.69. The van der Waals surface area contributed by atoms with Crippen LogP contribution in [-0.4, -0.2) is 42.1 Å². The van der Waals surface area contributed by atoms with Crippen LogP contribution in [-0.2, 0) is 6.42 Å². The van der Waals surface area contributed by atoms with Gasteiger partial charge in [0.05, 0.1) is 0 Å². The van der Waals surface area contributed by atoms with Crippen molar-refractivity contribution < 1.29 is 0 Å². The van der Waals surface area contributed by atoms with Gasteiger partial charge in [0, 0.05) is 38.4 Å². The Kier molecular flexibility index (Phi) is 3.85. The van der Waals surface area contributed by atoms with Crippen molar-refractivity contribution in [3.63, 3.8) is 0 Å². The highest BCUT2D eigenvalue weighted by atomic mass is 15.3. The first-order chi connectivity index (χ1) is 10.7. The van der Waals surface area contributed by atoms with Gasteiger partial charge in [-0.2, -0.15) is 0 Å². The number of aryl methyl sites for hydroxylation is 2. The molecule has 0 N–H and O–H groups in total. The minimum Gasteiger partial charge on any atom is -0.354 e. The van der Waals surface area contributed by atoms with Gasteiger partial charge < -0.3 is 4.90 Å². The average molecular weight is 299 g/mol. The molecule has 1 saturated heterocycles. The Labute approximate surface area is 134 Å². The van der Waals surface area contributed by atoms with E-state index in [-0.39, 0.29) is 0 Å². The first kappa shape index (κ1) is 14.5. The lowest BCUT2D eigenvalue weighted by molar-refractivity contribution is 0.134. The number of rotatable bonds is 3. The first-order valence-electron chi connectivity index (χ1n) is 9.19. The van der Waals surface area contributed by atoms with E-state index >= 15 is 0 Å². The van der Waals surface area contributed by atoms with Crippen molar-refractivity contribution in [2.75, 3.05) is 31.1 Å². The largest absolute Gasteiger partial charge is 0.354 e. The van der Waals surface area contributed by atoms with Crippen LogP contribution in [0.1, 0.15) is 43.7 Å². The molecule has 0 spiro atoms. The van der Waals surface area contributed by atoms with E-state index < -0.39 is 0 Å². The summed E-state index contributed by atoms with van der Waals surface area (Å²) < 4.78 is 0. The molecule has 0 amide bonds. The molecule has 3 nitrogen and oxygen atoms in total. The van der Waals surface area contributed by atoms with Crippen molar-refractivity contribution in [3.05, 3.63) is 23.4 Å². The Morgan fingerprint density at radius 2 is 1.95 bits per heavy atom. The summed E-state index contributed by atoms with van der Waals surface area (Å²) in [6, 6.07) is 3.21. The van der Waals surface area contributed by atoms with E-state index in [4.69, 9.17) is 4.98 Å². The van der Waals surface area contributed by atoms with Crippen molar-refractivity contribution >= 4 is 5.82 Å². The fraction of sp³-hybridized carbons (Fsp3) is 0.737. The molecular formula is C19H29N3. The van der Waals surface area contributed by atoms with Crippen LogP contribution in [0.4, 0.5) is 5.82 Å². The molecule has 1 aliphatic heterocycles. The van der Waals surface area contributed by atoms with Gasteiger partial charge in [-0.05, 0) is 55.6 Å². The first-order valence-corrected chi connectivity index (χ1v) is 9.19. The van der Waals surface area contributed by atoms with Gasteiger partial charge in [0.25, 0.3) is 0 Å². The van der Waals surface area contributed by atoms with E-state index in [1.54, 1.807) is 0 Å². The molecule has 1 aromatic rings. The van der Waals surface area contributed by atoms with Crippen molar-refractivity contribution in [1.82, 2.24) is 9.88 Å². The lowest BCUT2D eigenvalue weighted by atomic mass is 9.93. The SMILES string of the molecule is CCc1cnc(N2CCN([C@H]3C[C@@H]4CC[C@H]3C4)CC2)c(C)c1. The third-order valence-corrected chi connectivity index (χ3v) is 6.30. The summed E-state index contributed by atoms with van der Waals surface area (Å²) in [5, 5.41) is 0. The predicted octanol–water partition coefficient (Wildman–Crippen LogP) is 3.26. The molecule has 2 bridgehead atoms. The fourth-order valence-electron chi connectivity index (χ4n) is 5.07. The Bertz CT molecular complexity index is 533. The summed E-state index contributed by atoms with van der Waals surface area (Å²) in [6.45, 7) is 9.16. The normalized spacial score (nSPS) is 31.9. The second-order valence-electron chi connectivity index (χ2n) is 7.60. The van der Waals surface area contributed by atoms with E-state index in [0.717, 1.165) is 37.4 Å². The molecule has 0 aromatic carbocycles. The summed E-state index contributed by atoms with van der Waals surface area (Å²) >= 11 is 0. The minimum absolute atomic E-state index is 0.900.